The highest BCUT2D eigenvalue weighted by Gasteiger charge is 2.52. The first kappa shape index (κ1) is 21.9. The molecule has 1 heteroatoms. The monoisotopic (exact) mass is 405 g/mol. The first-order valence-electron chi connectivity index (χ1n) is 12.6. The molecule has 5 atom stereocenters. The molecule has 1 aromatic carbocycles. The van der Waals surface area contributed by atoms with Crippen molar-refractivity contribution in [3.8, 4) is 0 Å². The van der Waals surface area contributed by atoms with Crippen molar-refractivity contribution in [1.82, 2.24) is 4.90 Å². The lowest BCUT2D eigenvalue weighted by atomic mass is 9.73. The Kier molecular flexibility index (Phi) is 6.31. The molecule has 5 unspecified atom stereocenters. The van der Waals surface area contributed by atoms with Crippen molar-refractivity contribution in [2.75, 3.05) is 13.1 Å². The highest BCUT2D eigenvalue weighted by atomic mass is 15.2. The summed E-state index contributed by atoms with van der Waals surface area (Å²) < 4.78 is 0. The number of rotatable bonds is 1. The Hall–Kier alpha value is -1.34. The average molecular weight is 406 g/mol. The number of hydrogen-bond acceptors (Lipinski definition) is 1. The zero-order chi connectivity index (χ0) is 21.5. The fourth-order valence-corrected chi connectivity index (χ4v) is 7.04. The van der Waals surface area contributed by atoms with Gasteiger partial charge in [0.15, 0.2) is 0 Å². The summed E-state index contributed by atoms with van der Waals surface area (Å²) in [5.74, 6) is 3.82. The Labute approximate surface area is 185 Å². The lowest BCUT2D eigenvalue weighted by Crippen LogP contribution is -2.47. The zero-order valence-electron chi connectivity index (χ0n) is 20.1. The molecule has 0 aromatic heterocycles. The van der Waals surface area contributed by atoms with Gasteiger partial charge >= 0.3 is 0 Å². The van der Waals surface area contributed by atoms with Crippen molar-refractivity contribution in [1.29, 1.82) is 0 Å². The van der Waals surface area contributed by atoms with Crippen LogP contribution in [0.15, 0.2) is 48.1 Å². The second-order valence-corrected chi connectivity index (χ2v) is 10.8. The topological polar surface area (TPSA) is 3.24 Å². The van der Waals surface area contributed by atoms with Gasteiger partial charge in [-0.15, -0.1) is 6.58 Å². The smallest absolute Gasteiger partial charge is 0.0312 e. The summed E-state index contributed by atoms with van der Waals surface area (Å²) in [6.07, 6.45) is 11.4. The van der Waals surface area contributed by atoms with Gasteiger partial charge in [-0.1, -0.05) is 62.3 Å². The predicted molar refractivity (Wildman–Crippen MR) is 130 cm³/mol. The van der Waals surface area contributed by atoms with E-state index in [1.807, 2.05) is 33.3 Å². The Balaban J connectivity index is 0.000000329. The van der Waals surface area contributed by atoms with E-state index in [9.17, 15) is 0 Å². The van der Waals surface area contributed by atoms with Crippen LogP contribution in [0, 0.1) is 17.8 Å². The Morgan fingerprint density at radius 1 is 1.03 bits per heavy atom. The zero-order valence-corrected chi connectivity index (χ0v) is 20.1. The maximum Gasteiger partial charge on any atom is 0.0312 e. The number of piperidine rings is 1. The van der Waals surface area contributed by atoms with E-state index in [0.717, 1.165) is 29.7 Å². The molecular weight excluding hydrogens is 362 g/mol. The molecule has 164 valence electrons. The summed E-state index contributed by atoms with van der Waals surface area (Å²) in [6.45, 7) is 16.6. The minimum absolute atomic E-state index is 0.496. The summed E-state index contributed by atoms with van der Waals surface area (Å²) in [7, 11) is 0. The molecule has 1 aliphatic heterocycles. The summed E-state index contributed by atoms with van der Waals surface area (Å²) in [6, 6.07) is 10.1. The van der Waals surface area contributed by atoms with Gasteiger partial charge in [0.25, 0.3) is 0 Å². The highest BCUT2D eigenvalue weighted by molar-refractivity contribution is 5.43. The van der Waals surface area contributed by atoms with Gasteiger partial charge in [0.2, 0.25) is 0 Å². The number of fused-ring (bicyclic) bond motifs is 6. The van der Waals surface area contributed by atoms with Crippen LogP contribution < -0.4 is 0 Å². The van der Waals surface area contributed by atoms with Crippen LogP contribution in [0.25, 0.3) is 0 Å². The van der Waals surface area contributed by atoms with Crippen molar-refractivity contribution in [2.24, 2.45) is 17.8 Å². The highest BCUT2D eigenvalue weighted by Crippen LogP contribution is 2.59. The summed E-state index contributed by atoms with van der Waals surface area (Å²) >= 11 is 0. The van der Waals surface area contributed by atoms with Gasteiger partial charge in [-0.05, 0) is 106 Å². The maximum atomic E-state index is 3.56. The fraction of sp³-hybridized carbons (Fsp3) is 0.655. The Bertz CT molecular complexity index is 790. The van der Waals surface area contributed by atoms with Gasteiger partial charge < -0.3 is 0 Å². The molecule has 30 heavy (non-hydrogen) atoms. The van der Waals surface area contributed by atoms with Crippen LogP contribution >= 0.6 is 0 Å². The third-order valence-electron chi connectivity index (χ3n) is 8.31. The molecule has 3 fully saturated rings. The van der Waals surface area contributed by atoms with Crippen LogP contribution in [0.4, 0.5) is 0 Å². The van der Waals surface area contributed by atoms with Gasteiger partial charge in [-0.2, -0.15) is 0 Å². The van der Waals surface area contributed by atoms with Gasteiger partial charge in [-0.25, -0.2) is 0 Å². The molecular formula is C29H43N. The fourth-order valence-electron chi connectivity index (χ4n) is 7.04. The lowest BCUT2D eigenvalue weighted by Gasteiger charge is -2.44. The second-order valence-electron chi connectivity index (χ2n) is 10.8. The van der Waals surface area contributed by atoms with Gasteiger partial charge in [0, 0.05) is 6.04 Å². The largest absolute Gasteiger partial charge is 0.297 e. The molecule has 6 rings (SSSR count). The van der Waals surface area contributed by atoms with Crippen LogP contribution in [0.1, 0.15) is 90.2 Å². The molecule has 1 saturated heterocycles. The van der Waals surface area contributed by atoms with Crippen molar-refractivity contribution in [3.63, 3.8) is 0 Å². The first-order valence-corrected chi connectivity index (χ1v) is 12.6. The lowest BCUT2D eigenvalue weighted by molar-refractivity contribution is 0.103. The van der Waals surface area contributed by atoms with E-state index in [2.05, 4.69) is 48.7 Å². The van der Waals surface area contributed by atoms with E-state index in [1.54, 1.807) is 11.1 Å². The SMILES string of the molecule is C=C(C)C.CC.CC1CC2(CCN(C3C=C4CC3CC3CC43)CC2)c2ccccc21. The summed E-state index contributed by atoms with van der Waals surface area (Å²) in [5.41, 5.74) is 6.85. The van der Waals surface area contributed by atoms with E-state index in [4.69, 9.17) is 0 Å². The van der Waals surface area contributed by atoms with Crippen LogP contribution in [0.5, 0.6) is 0 Å². The quantitative estimate of drug-likeness (QED) is 0.437. The molecule has 5 aliphatic rings. The third-order valence-corrected chi connectivity index (χ3v) is 8.31. The standard InChI is InChI=1S/C23H29N.C4H8.C2H6/c1-15-14-23(21-5-3-2-4-19(15)21)6-8-24(9-7-23)22-13-17-11-18(22)10-16-12-20(16)17;1-4(2)3;1-2/h2-5,13,15-16,18,20,22H,6-12,14H2,1H3;1H2,2-3H3;1-2H3. The van der Waals surface area contributed by atoms with Gasteiger partial charge in [0.05, 0.1) is 0 Å². The van der Waals surface area contributed by atoms with Crippen molar-refractivity contribution < 1.29 is 0 Å². The molecule has 0 N–H and O–H groups in total. The molecule has 1 aromatic rings. The van der Waals surface area contributed by atoms with E-state index in [-0.39, 0.29) is 0 Å². The van der Waals surface area contributed by atoms with Gasteiger partial charge in [-0.3, -0.25) is 4.90 Å². The number of likely N-dealkylation sites (tertiary alicyclic amines) is 1. The average Bonchev–Trinajstić information content (AvgIpc) is 3.38. The van der Waals surface area contributed by atoms with Crippen LogP contribution in [-0.4, -0.2) is 24.0 Å². The number of benzene rings is 1. The van der Waals surface area contributed by atoms with Crippen molar-refractivity contribution in [3.05, 3.63) is 59.2 Å². The van der Waals surface area contributed by atoms with Crippen LogP contribution in [-0.2, 0) is 5.41 Å². The van der Waals surface area contributed by atoms with Crippen LogP contribution in [0.3, 0.4) is 0 Å². The minimum atomic E-state index is 0.496. The number of allylic oxidation sites excluding steroid dienone is 2. The third kappa shape index (κ3) is 3.95. The Morgan fingerprint density at radius 2 is 1.70 bits per heavy atom. The van der Waals surface area contributed by atoms with Crippen molar-refractivity contribution >= 4 is 0 Å². The Morgan fingerprint density at radius 3 is 2.40 bits per heavy atom. The first-order chi connectivity index (χ1) is 14.5. The molecule has 1 heterocycles. The molecule has 2 saturated carbocycles. The second kappa shape index (κ2) is 8.65. The summed E-state index contributed by atoms with van der Waals surface area (Å²) in [5, 5.41) is 0. The van der Waals surface area contributed by atoms with E-state index in [1.165, 1.54) is 57.2 Å². The predicted octanol–water partition coefficient (Wildman–Crippen LogP) is 7.49. The van der Waals surface area contributed by atoms with Gasteiger partial charge in [0.1, 0.15) is 0 Å². The minimum Gasteiger partial charge on any atom is -0.297 e. The summed E-state index contributed by atoms with van der Waals surface area (Å²) in [4.78, 5) is 2.86. The number of hydrogen-bond donors (Lipinski definition) is 0. The van der Waals surface area contributed by atoms with E-state index in [0.29, 0.717) is 5.41 Å². The molecule has 1 nitrogen and oxygen atoms in total. The normalized spacial score (nSPS) is 34.6. The van der Waals surface area contributed by atoms with Crippen LogP contribution in [0.2, 0.25) is 0 Å². The molecule has 0 amide bonds. The number of nitrogens with zero attached hydrogens (tertiary/aromatic N) is 1. The molecule has 0 radical (unpaired) electrons. The van der Waals surface area contributed by atoms with Crippen molar-refractivity contribution in [2.45, 2.75) is 90.5 Å². The maximum absolute atomic E-state index is 3.56. The molecule has 4 aliphatic carbocycles. The molecule has 2 bridgehead atoms. The van der Waals surface area contributed by atoms with E-state index < -0.39 is 0 Å². The molecule has 1 spiro atoms. The van der Waals surface area contributed by atoms with E-state index >= 15 is 0 Å².